The monoisotopic (exact) mass is 375 g/mol. The molecule has 0 spiro atoms. The number of aromatic nitrogens is 2. The van der Waals surface area contributed by atoms with Crippen LogP contribution >= 0.6 is 0 Å². The van der Waals surface area contributed by atoms with Crippen LogP contribution in [0.2, 0.25) is 0 Å². The Labute approximate surface area is 165 Å². The maximum absolute atomic E-state index is 11.2. The number of carbonyl (C=O) groups excluding carboxylic acids is 1. The lowest BCUT2D eigenvalue weighted by molar-refractivity contribution is -0.114. The molecular weight excluding hydrogens is 350 g/mol. The number of carbonyl (C=O) groups is 1. The number of amides is 1. The van der Waals surface area contributed by atoms with Crippen LogP contribution in [0.25, 0.3) is 0 Å². The Morgan fingerprint density at radius 2 is 1.61 bits per heavy atom. The van der Waals surface area contributed by atoms with Gasteiger partial charge < -0.3 is 16.0 Å². The summed E-state index contributed by atoms with van der Waals surface area (Å²) in [6.45, 7) is 7.75. The molecular formula is C22H25N5O. The molecule has 3 N–H and O–H groups in total. The van der Waals surface area contributed by atoms with Crippen LogP contribution in [0.5, 0.6) is 0 Å². The quantitative estimate of drug-likeness (QED) is 0.541. The topological polar surface area (TPSA) is 78.9 Å². The van der Waals surface area contributed by atoms with E-state index in [4.69, 9.17) is 0 Å². The van der Waals surface area contributed by atoms with Gasteiger partial charge in [-0.05, 0) is 48.7 Å². The molecule has 0 fully saturated rings. The minimum Gasteiger partial charge on any atom is -0.340 e. The normalized spacial score (nSPS) is 10.6. The van der Waals surface area contributed by atoms with Gasteiger partial charge in [-0.1, -0.05) is 32.0 Å². The zero-order valence-corrected chi connectivity index (χ0v) is 16.6. The lowest BCUT2D eigenvalue weighted by atomic mass is 10.0. The maximum atomic E-state index is 11.2. The molecule has 28 heavy (non-hydrogen) atoms. The van der Waals surface area contributed by atoms with Gasteiger partial charge in [0.15, 0.2) is 0 Å². The summed E-state index contributed by atoms with van der Waals surface area (Å²) in [5.41, 5.74) is 4.63. The van der Waals surface area contributed by atoms with E-state index in [0.29, 0.717) is 17.7 Å². The van der Waals surface area contributed by atoms with Gasteiger partial charge in [0.1, 0.15) is 5.82 Å². The molecule has 1 heterocycles. The fourth-order valence-corrected chi connectivity index (χ4v) is 2.79. The van der Waals surface area contributed by atoms with Gasteiger partial charge in [0.2, 0.25) is 11.9 Å². The number of nitrogens with zero attached hydrogens (tertiary/aromatic N) is 2. The second kappa shape index (κ2) is 8.52. The first-order chi connectivity index (χ1) is 13.4. The Hall–Kier alpha value is -3.41. The van der Waals surface area contributed by atoms with Gasteiger partial charge in [-0.2, -0.15) is 4.98 Å². The first kappa shape index (κ1) is 19.4. The van der Waals surface area contributed by atoms with Gasteiger partial charge in [-0.3, -0.25) is 4.79 Å². The van der Waals surface area contributed by atoms with Crippen LogP contribution in [-0.4, -0.2) is 15.9 Å². The molecule has 0 aliphatic carbocycles. The highest BCUT2D eigenvalue weighted by atomic mass is 16.1. The predicted molar refractivity (Wildman–Crippen MR) is 115 cm³/mol. The van der Waals surface area contributed by atoms with Crippen molar-refractivity contribution in [2.45, 2.75) is 33.6 Å². The van der Waals surface area contributed by atoms with E-state index < -0.39 is 0 Å². The molecule has 0 bridgehead atoms. The Morgan fingerprint density at radius 3 is 2.29 bits per heavy atom. The molecule has 0 aliphatic rings. The van der Waals surface area contributed by atoms with E-state index in [1.807, 2.05) is 49.4 Å². The number of hydrogen-bond acceptors (Lipinski definition) is 5. The number of anilines is 5. The fraction of sp³-hybridized carbons (Fsp3) is 0.227. The highest BCUT2D eigenvalue weighted by Crippen LogP contribution is 2.22. The first-order valence-electron chi connectivity index (χ1n) is 9.26. The summed E-state index contributed by atoms with van der Waals surface area (Å²) in [7, 11) is 0. The highest BCUT2D eigenvalue weighted by molar-refractivity contribution is 5.89. The lowest BCUT2D eigenvalue weighted by Crippen LogP contribution is -2.06. The van der Waals surface area contributed by atoms with Crippen molar-refractivity contribution in [2.75, 3.05) is 16.0 Å². The summed E-state index contributed by atoms with van der Waals surface area (Å²) in [6.07, 6.45) is 0. The van der Waals surface area contributed by atoms with Gasteiger partial charge in [-0.25, -0.2) is 4.98 Å². The van der Waals surface area contributed by atoms with E-state index in [9.17, 15) is 4.79 Å². The third kappa shape index (κ3) is 5.30. The molecule has 2 aromatic carbocycles. The van der Waals surface area contributed by atoms with Crippen LogP contribution in [0.1, 0.15) is 37.9 Å². The molecule has 0 saturated carbocycles. The second-order valence-corrected chi connectivity index (χ2v) is 7.01. The Bertz CT molecular complexity index is 967. The van der Waals surface area contributed by atoms with Crippen molar-refractivity contribution >= 4 is 34.7 Å². The molecule has 6 nitrogen and oxygen atoms in total. The van der Waals surface area contributed by atoms with Gasteiger partial charge in [-0.15, -0.1) is 0 Å². The smallest absolute Gasteiger partial charge is 0.229 e. The van der Waals surface area contributed by atoms with Crippen molar-refractivity contribution in [1.82, 2.24) is 9.97 Å². The van der Waals surface area contributed by atoms with Crippen molar-refractivity contribution in [2.24, 2.45) is 0 Å². The van der Waals surface area contributed by atoms with Gasteiger partial charge >= 0.3 is 0 Å². The van der Waals surface area contributed by atoms with Gasteiger partial charge in [0.25, 0.3) is 0 Å². The van der Waals surface area contributed by atoms with Gasteiger partial charge in [0, 0.05) is 35.7 Å². The molecule has 0 radical (unpaired) electrons. The molecule has 0 unspecified atom stereocenters. The maximum Gasteiger partial charge on any atom is 0.229 e. The molecule has 144 valence electrons. The SMILES string of the molecule is CC(=O)Nc1cccc(Nc2cc(C)nc(Nc3ccc(C(C)C)cc3)n2)c1. The lowest BCUT2D eigenvalue weighted by Gasteiger charge is -2.12. The summed E-state index contributed by atoms with van der Waals surface area (Å²) in [4.78, 5) is 20.3. The van der Waals surface area contributed by atoms with E-state index in [1.54, 1.807) is 0 Å². The summed E-state index contributed by atoms with van der Waals surface area (Å²) in [6, 6.07) is 17.6. The summed E-state index contributed by atoms with van der Waals surface area (Å²) in [5, 5.41) is 9.30. The summed E-state index contributed by atoms with van der Waals surface area (Å²) in [5.74, 6) is 1.59. The van der Waals surface area contributed by atoms with Crippen LogP contribution in [0.3, 0.4) is 0 Å². The summed E-state index contributed by atoms with van der Waals surface area (Å²) < 4.78 is 0. The van der Waals surface area contributed by atoms with Crippen molar-refractivity contribution < 1.29 is 4.79 Å². The highest BCUT2D eigenvalue weighted by Gasteiger charge is 2.06. The molecule has 0 atom stereocenters. The minimum absolute atomic E-state index is 0.106. The molecule has 1 amide bonds. The van der Waals surface area contributed by atoms with Crippen molar-refractivity contribution in [3.8, 4) is 0 Å². The summed E-state index contributed by atoms with van der Waals surface area (Å²) >= 11 is 0. The molecule has 3 aromatic rings. The van der Waals surface area contributed by atoms with Crippen LogP contribution < -0.4 is 16.0 Å². The Kier molecular flexibility index (Phi) is 5.89. The third-order valence-corrected chi connectivity index (χ3v) is 4.14. The van der Waals surface area contributed by atoms with E-state index in [1.165, 1.54) is 12.5 Å². The first-order valence-corrected chi connectivity index (χ1v) is 9.26. The molecule has 0 aliphatic heterocycles. The molecule has 0 saturated heterocycles. The average molecular weight is 375 g/mol. The minimum atomic E-state index is -0.106. The molecule has 6 heteroatoms. The van der Waals surface area contributed by atoms with Crippen LogP contribution in [0.4, 0.5) is 28.8 Å². The number of hydrogen-bond donors (Lipinski definition) is 3. The van der Waals surface area contributed by atoms with Crippen LogP contribution in [0, 0.1) is 6.92 Å². The standard InChI is InChI=1S/C22H25N5O/c1-14(2)17-8-10-18(11-9-17)26-22-23-15(3)12-21(27-22)25-20-7-5-6-19(13-20)24-16(4)28/h5-14H,1-4H3,(H,24,28)(H2,23,25,26,27). The molecule has 3 rings (SSSR count). The number of nitrogens with one attached hydrogen (secondary N) is 3. The molecule has 1 aromatic heterocycles. The van der Waals surface area contributed by atoms with E-state index in [-0.39, 0.29) is 5.91 Å². The average Bonchev–Trinajstić information content (AvgIpc) is 2.61. The Morgan fingerprint density at radius 1 is 0.893 bits per heavy atom. The Balaban J connectivity index is 1.77. The van der Waals surface area contributed by atoms with Crippen molar-refractivity contribution in [3.63, 3.8) is 0 Å². The largest absolute Gasteiger partial charge is 0.340 e. The number of benzene rings is 2. The zero-order chi connectivity index (χ0) is 20.1. The zero-order valence-electron chi connectivity index (χ0n) is 16.6. The predicted octanol–water partition coefficient (Wildman–Crippen LogP) is 5.35. The second-order valence-electron chi connectivity index (χ2n) is 7.01. The fourth-order valence-electron chi connectivity index (χ4n) is 2.79. The third-order valence-electron chi connectivity index (χ3n) is 4.14. The number of rotatable bonds is 6. The van der Waals surface area contributed by atoms with Crippen LogP contribution in [-0.2, 0) is 4.79 Å². The van der Waals surface area contributed by atoms with E-state index in [2.05, 4.69) is 51.9 Å². The van der Waals surface area contributed by atoms with E-state index in [0.717, 1.165) is 22.8 Å². The van der Waals surface area contributed by atoms with Crippen molar-refractivity contribution in [1.29, 1.82) is 0 Å². The number of aryl methyl sites for hydroxylation is 1. The van der Waals surface area contributed by atoms with Crippen LogP contribution in [0.15, 0.2) is 54.6 Å². The van der Waals surface area contributed by atoms with Gasteiger partial charge in [0.05, 0.1) is 0 Å². The van der Waals surface area contributed by atoms with E-state index >= 15 is 0 Å². The van der Waals surface area contributed by atoms with Crippen molar-refractivity contribution in [3.05, 3.63) is 65.9 Å².